The van der Waals surface area contributed by atoms with E-state index in [0.717, 1.165) is 28.2 Å². The zero-order chi connectivity index (χ0) is 17.3. The third-order valence-electron chi connectivity index (χ3n) is 4.00. The standard InChI is InChI=1S/C20H25N3O/c1-14-9-10-15(2)18(11-14)24-12-19-22-16-7-5-6-8-17(16)23(19)13-20(3,4)21/h5-11H,12-13,21H2,1-4H3. The number of aromatic nitrogens is 2. The lowest BCUT2D eigenvalue weighted by atomic mass is 10.1. The van der Waals surface area contributed by atoms with Crippen LogP contribution in [0.3, 0.4) is 0 Å². The Hall–Kier alpha value is -2.33. The number of fused-ring (bicyclic) bond motifs is 1. The fraction of sp³-hybridized carbons (Fsp3) is 0.350. The van der Waals surface area contributed by atoms with E-state index >= 15 is 0 Å². The molecule has 0 aliphatic carbocycles. The molecule has 1 heterocycles. The highest BCUT2D eigenvalue weighted by Gasteiger charge is 2.18. The molecular formula is C20H25N3O. The van der Waals surface area contributed by atoms with E-state index in [1.807, 2.05) is 32.0 Å². The summed E-state index contributed by atoms with van der Waals surface area (Å²) in [6.07, 6.45) is 0. The molecule has 3 rings (SSSR count). The fourth-order valence-electron chi connectivity index (χ4n) is 2.82. The van der Waals surface area contributed by atoms with Crippen molar-refractivity contribution in [2.24, 2.45) is 5.73 Å². The first-order valence-corrected chi connectivity index (χ1v) is 8.26. The van der Waals surface area contributed by atoms with Crippen molar-refractivity contribution in [3.05, 3.63) is 59.4 Å². The van der Waals surface area contributed by atoms with Gasteiger partial charge in [0.2, 0.25) is 0 Å². The third kappa shape index (κ3) is 3.60. The molecule has 1 aromatic heterocycles. The van der Waals surface area contributed by atoms with Gasteiger partial charge < -0.3 is 15.0 Å². The summed E-state index contributed by atoms with van der Waals surface area (Å²) >= 11 is 0. The first-order valence-electron chi connectivity index (χ1n) is 8.26. The van der Waals surface area contributed by atoms with E-state index in [-0.39, 0.29) is 5.54 Å². The smallest absolute Gasteiger partial charge is 0.148 e. The van der Waals surface area contributed by atoms with Gasteiger partial charge in [0.15, 0.2) is 0 Å². The van der Waals surface area contributed by atoms with Crippen molar-refractivity contribution in [1.82, 2.24) is 9.55 Å². The van der Waals surface area contributed by atoms with Crippen molar-refractivity contribution >= 4 is 11.0 Å². The maximum absolute atomic E-state index is 6.25. The summed E-state index contributed by atoms with van der Waals surface area (Å²) in [7, 11) is 0. The first kappa shape index (κ1) is 16.5. The number of para-hydroxylation sites is 2. The summed E-state index contributed by atoms with van der Waals surface area (Å²) in [6, 6.07) is 14.4. The van der Waals surface area contributed by atoms with Crippen LogP contribution in [0.1, 0.15) is 30.8 Å². The summed E-state index contributed by atoms with van der Waals surface area (Å²) in [6.45, 7) is 9.29. The Labute approximate surface area is 143 Å². The van der Waals surface area contributed by atoms with Crippen LogP contribution in [-0.2, 0) is 13.2 Å². The molecule has 24 heavy (non-hydrogen) atoms. The van der Waals surface area contributed by atoms with Crippen LogP contribution in [0.5, 0.6) is 5.75 Å². The molecule has 126 valence electrons. The van der Waals surface area contributed by atoms with E-state index in [9.17, 15) is 0 Å². The second-order valence-corrected chi connectivity index (χ2v) is 7.15. The summed E-state index contributed by atoms with van der Waals surface area (Å²) in [5, 5.41) is 0. The Morgan fingerprint density at radius 2 is 1.88 bits per heavy atom. The molecule has 0 aliphatic rings. The van der Waals surface area contributed by atoms with Gasteiger partial charge in [-0.2, -0.15) is 0 Å². The number of imidazole rings is 1. The zero-order valence-corrected chi connectivity index (χ0v) is 14.8. The van der Waals surface area contributed by atoms with E-state index in [4.69, 9.17) is 15.5 Å². The Balaban J connectivity index is 1.93. The molecule has 2 aromatic carbocycles. The minimum absolute atomic E-state index is 0.322. The largest absolute Gasteiger partial charge is 0.485 e. The Bertz CT molecular complexity index is 859. The normalized spacial score (nSPS) is 11.9. The highest BCUT2D eigenvalue weighted by Crippen LogP contribution is 2.23. The van der Waals surface area contributed by atoms with Crippen LogP contribution in [0.2, 0.25) is 0 Å². The van der Waals surface area contributed by atoms with Crippen molar-refractivity contribution in [1.29, 1.82) is 0 Å². The van der Waals surface area contributed by atoms with E-state index in [0.29, 0.717) is 13.2 Å². The molecule has 0 unspecified atom stereocenters. The van der Waals surface area contributed by atoms with Crippen LogP contribution >= 0.6 is 0 Å². The topological polar surface area (TPSA) is 53.1 Å². The second-order valence-electron chi connectivity index (χ2n) is 7.15. The number of nitrogens with zero attached hydrogens (tertiary/aromatic N) is 2. The lowest BCUT2D eigenvalue weighted by Crippen LogP contribution is -2.37. The molecule has 3 aromatic rings. The van der Waals surface area contributed by atoms with Crippen molar-refractivity contribution < 1.29 is 4.74 Å². The predicted octanol–water partition coefficient (Wildman–Crippen LogP) is 3.97. The summed E-state index contributed by atoms with van der Waals surface area (Å²) < 4.78 is 8.23. The number of rotatable bonds is 5. The summed E-state index contributed by atoms with van der Waals surface area (Å²) in [5.74, 6) is 1.80. The van der Waals surface area contributed by atoms with Crippen molar-refractivity contribution in [2.75, 3.05) is 0 Å². The van der Waals surface area contributed by atoms with Gasteiger partial charge in [-0.25, -0.2) is 4.98 Å². The number of benzene rings is 2. The van der Waals surface area contributed by atoms with Gasteiger partial charge >= 0.3 is 0 Å². The molecule has 2 N–H and O–H groups in total. The summed E-state index contributed by atoms with van der Waals surface area (Å²) in [5.41, 5.74) is 10.3. The molecule has 0 radical (unpaired) electrons. The van der Waals surface area contributed by atoms with Crippen LogP contribution in [0, 0.1) is 13.8 Å². The number of aryl methyl sites for hydroxylation is 2. The number of hydrogen-bond acceptors (Lipinski definition) is 3. The molecule has 0 spiro atoms. The molecule has 4 heteroatoms. The van der Waals surface area contributed by atoms with Gasteiger partial charge in [0.1, 0.15) is 18.2 Å². The van der Waals surface area contributed by atoms with E-state index in [2.05, 4.69) is 42.7 Å². The lowest BCUT2D eigenvalue weighted by Gasteiger charge is -2.21. The van der Waals surface area contributed by atoms with Crippen LogP contribution < -0.4 is 10.5 Å². The molecule has 0 saturated heterocycles. The van der Waals surface area contributed by atoms with Crippen LogP contribution in [0.15, 0.2) is 42.5 Å². The molecule has 0 saturated carbocycles. The lowest BCUT2D eigenvalue weighted by molar-refractivity contribution is 0.283. The van der Waals surface area contributed by atoms with E-state index < -0.39 is 0 Å². The maximum atomic E-state index is 6.25. The quantitative estimate of drug-likeness (QED) is 0.773. The minimum Gasteiger partial charge on any atom is -0.485 e. The fourth-order valence-corrected chi connectivity index (χ4v) is 2.82. The molecular weight excluding hydrogens is 298 g/mol. The molecule has 0 atom stereocenters. The van der Waals surface area contributed by atoms with E-state index in [1.54, 1.807) is 0 Å². The van der Waals surface area contributed by atoms with Gasteiger partial charge in [0, 0.05) is 12.1 Å². The molecule has 0 amide bonds. The van der Waals surface area contributed by atoms with Gasteiger partial charge in [0.25, 0.3) is 0 Å². The van der Waals surface area contributed by atoms with Crippen molar-refractivity contribution in [2.45, 2.75) is 46.4 Å². The molecule has 4 nitrogen and oxygen atoms in total. The number of ether oxygens (including phenoxy) is 1. The monoisotopic (exact) mass is 323 g/mol. The second kappa shape index (κ2) is 6.29. The average molecular weight is 323 g/mol. The Morgan fingerprint density at radius 1 is 1.12 bits per heavy atom. The van der Waals surface area contributed by atoms with Crippen molar-refractivity contribution in [3.63, 3.8) is 0 Å². The Morgan fingerprint density at radius 3 is 2.62 bits per heavy atom. The minimum atomic E-state index is -0.322. The average Bonchev–Trinajstić information content (AvgIpc) is 2.84. The Kier molecular flexibility index (Phi) is 4.33. The summed E-state index contributed by atoms with van der Waals surface area (Å²) in [4.78, 5) is 4.75. The van der Waals surface area contributed by atoms with E-state index in [1.165, 1.54) is 5.56 Å². The number of hydrogen-bond donors (Lipinski definition) is 1. The number of nitrogens with two attached hydrogens (primary N) is 1. The van der Waals surface area contributed by atoms with Gasteiger partial charge in [-0.1, -0.05) is 24.3 Å². The van der Waals surface area contributed by atoms with Gasteiger partial charge in [0.05, 0.1) is 11.0 Å². The maximum Gasteiger partial charge on any atom is 0.148 e. The van der Waals surface area contributed by atoms with Crippen molar-refractivity contribution in [3.8, 4) is 5.75 Å². The third-order valence-corrected chi connectivity index (χ3v) is 4.00. The highest BCUT2D eigenvalue weighted by molar-refractivity contribution is 5.75. The SMILES string of the molecule is Cc1ccc(C)c(OCc2nc3ccccc3n2CC(C)(C)N)c1. The highest BCUT2D eigenvalue weighted by atomic mass is 16.5. The van der Waals surface area contributed by atoms with Gasteiger partial charge in [-0.05, 0) is 57.0 Å². The predicted molar refractivity (Wildman–Crippen MR) is 98.2 cm³/mol. The van der Waals surface area contributed by atoms with Crippen LogP contribution in [0.25, 0.3) is 11.0 Å². The molecule has 0 aliphatic heterocycles. The van der Waals surface area contributed by atoms with Crippen LogP contribution in [-0.4, -0.2) is 15.1 Å². The van der Waals surface area contributed by atoms with Gasteiger partial charge in [-0.3, -0.25) is 0 Å². The van der Waals surface area contributed by atoms with Gasteiger partial charge in [-0.15, -0.1) is 0 Å². The molecule has 0 fully saturated rings. The van der Waals surface area contributed by atoms with Crippen LogP contribution in [0.4, 0.5) is 0 Å². The first-order chi connectivity index (χ1) is 11.3. The zero-order valence-electron chi connectivity index (χ0n) is 14.8. The molecule has 0 bridgehead atoms.